The molecule has 0 unspecified atom stereocenters. The van der Waals surface area contributed by atoms with Gasteiger partial charge in [-0.25, -0.2) is 4.79 Å². The Bertz CT molecular complexity index is 354. The van der Waals surface area contributed by atoms with Gasteiger partial charge in [-0.2, -0.15) is 0 Å². The van der Waals surface area contributed by atoms with Gasteiger partial charge in [0, 0.05) is 6.54 Å². The summed E-state index contributed by atoms with van der Waals surface area (Å²) in [5.41, 5.74) is -0.216. The lowest BCUT2D eigenvalue weighted by molar-refractivity contribution is -0.139. The molecule has 0 aromatic carbocycles. The van der Waals surface area contributed by atoms with E-state index in [0.717, 1.165) is 25.7 Å². The predicted molar refractivity (Wildman–Crippen MR) is 71.9 cm³/mol. The van der Waals surface area contributed by atoms with E-state index < -0.39 is 11.5 Å². The zero-order valence-electron chi connectivity index (χ0n) is 11.6. The number of carbonyl (C=O) groups excluding carboxylic acids is 1. The fourth-order valence-corrected chi connectivity index (χ4v) is 3.12. The minimum Gasteiger partial charge on any atom is -0.481 e. The Morgan fingerprint density at radius 2 is 1.79 bits per heavy atom. The molecule has 2 aliphatic rings. The monoisotopic (exact) mass is 268 g/mol. The Morgan fingerprint density at radius 3 is 2.16 bits per heavy atom. The molecule has 0 radical (unpaired) electrons. The van der Waals surface area contributed by atoms with Crippen LogP contribution in [0, 0.1) is 5.41 Å². The van der Waals surface area contributed by atoms with Gasteiger partial charge in [0.1, 0.15) is 0 Å². The minimum absolute atomic E-state index is 0.0271. The van der Waals surface area contributed by atoms with Crippen LogP contribution in [0.15, 0.2) is 0 Å². The summed E-state index contributed by atoms with van der Waals surface area (Å²) in [6, 6.07) is -0.208. The van der Waals surface area contributed by atoms with Crippen molar-refractivity contribution >= 4 is 12.0 Å². The van der Waals surface area contributed by atoms with Crippen LogP contribution < -0.4 is 10.6 Å². The van der Waals surface area contributed by atoms with Gasteiger partial charge in [-0.1, -0.05) is 13.3 Å². The first-order chi connectivity index (χ1) is 8.99. The summed E-state index contributed by atoms with van der Waals surface area (Å²) in [4.78, 5) is 22.8. The number of urea groups is 1. The summed E-state index contributed by atoms with van der Waals surface area (Å²) in [6.45, 7) is 2.87. The normalized spacial score (nSPS) is 22.8. The van der Waals surface area contributed by atoms with E-state index in [2.05, 4.69) is 17.6 Å². The third-order valence-electron chi connectivity index (χ3n) is 4.97. The molecule has 0 aromatic heterocycles. The van der Waals surface area contributed by atoms with Crippen molar-refractivity contribution < 1.29 is 14.7 Å². The zero-order chi connectivity index (χ0) is 13.9. The summed E-state index contributed by atoms with van der Waals surface area (Å²) >= 11 is 0. The van der Waals surface area contributed by atoms with Crippen molar-refractivity contribution in [2.24, 2.45) is 5.41 Å². The number of aliphatic carboxylic acids is 1. The van der Waals surface area contributed by atoms with E-state index in [1.165, 1.54) is 19.3 Å². The Balaban J connectivity index is 1.78. The van der Waals surface area contributed by atoms with Crippen LogP contribution in [0.4, 0.5) is 4.79 Å². The Kier molecular flexibility index (Phi) is 4.02. The molecule has 19 heavy (non-hydrogen) atoms. The summed E-state index contributed by atoms with van der Waals surface area (Å²) in [5.74, 6) is -0.843. The first-order valence-electron chi connectivity index (χ1n) is 7.27. The van der Waals surface area contributed by atoms with Gasteiger partial charge in [0.25, 0.3) is 0 Å². The van der Waals surface area contributed by atoms with Crippen molar-refractivity contribution in [1.82, 2.24) is 10.6 Å². The molecular formula is C14H24N2O3. The van der Waals surface area contributed by atoms with Crippen LogP contribution in [-0.2, 0) is 4.79 Å². The highest BCUT2D eigenvalue weighted by Gasteiger charge is 2.41. The predicted octanol–water partition coefficient (Wildman–Crippen LogP) is 2.26. The van der Waals surface area contributed by atoms with E-state index in [0.29, 0.717) is 6.54 Å². The van der Waals surface area contributed by atoms with Crippen LogP contribution in [-0.4, -0.2) is 29.2 Å². The molecule has 5 nitrogen and oxygen atoms in total. The molecule has 5 heteroatoms. The molecule has 3 N–H and O–H groups in total. The number of hydrogen-bond acceptors (Lipinski definition) is 2. The summed E-state index contributed by atoms with van der Waals surface area (Å²) in [7, 11) is 0. The molecule has 0 aliphatic heterocycles. The van der Waals surface area contributed by atoms with Crippen molar-refractivity contribution in [2.45, 2.75) is 63.8 Å². The Morgan fingerprint density at radius 1 is 1.16 bits per heavy atom. The molecule has 0 spiro atoms. The molecule has 108 valence electrons. The molecule has 2 saturated carbocycles. The quantitative estimate of drug-likeness (QED) is 0.691. The van der Waals surface area contributed by atoms with Gasteiger partial charge in [0.15, 0.2) is 0 Å². The van der Waals surface area contributed by atoms with E-state index in [1.54, 1.807) is 0 Å². The van der Waals surface area contributed by atoms with Crippen LogP contribution in [0.25, 0.3) is 0 Å². The van der Waals surface area contributed by atoms with Gasteiger partial charge in [-0.3, -0.25) is 4.79 Å². The average molecular weight is 268 g/mol. The van der Waals surface area contributed by atoms with Crippen LogP contribution in [0.1, 0.15) is 58.3 Å². The minimum atomic E-state index is -0.843. The molecule has 2 amide bonds. The lowest BCUT2D eigenvalue weighted by Crippen LogP contribution is -2.58. The second-order valence-corrected chi connectivity index (χ2v) is 6.22. The Labute approximate surface area is 114 Å². The molecular weight excluding hydrogens is 244 g/mol. The highest BCUT2D eigenvalue weighted by atomic mass is 16.4. The zero-order valence-corrected chi connectivity index (χ0v) is 11.6. The summed E-state index contributed by atoms with van der Waals surface area (Å²) in [6.07, 6.45) is 7.27. The van der Waals surface area contributed by atoms with Crippen LogP contribution in [0.2, 0.25) is 0 Å². The van der Waals surface area contributed by atoms with E-state index >= 15 is 0 Å². The number of amides is 2. The maximum absolute atomic E-state index is 11.9. The van der Waals surface area contributed by atoms with Gasteiger partial charge in [-0.05, 0) is 43.9 Å². The molecule has 2 fully saturated rings. The largest absolute Gasteiger partial charge is 0.481 e. The fraction of sp³-hybridized carbons (Fsp3) is 0.857. The van der Waals surface area contributed by atoms with E-state index in [9.17, 15) is 9.59 Å². The molecule has 0 aromatic rings. The number of hydrogen-bond donors (Lipinski definition) is 3. The SMILES string of the molecule is CCC1(CNC(=O)NC2(CC(=O)O)CCC2)CCC1. The van der Waals surface area contributed by atoms with Crippen molar-refractivity contribution in [3.8, 4) is 0 Å². The third kappa shape index (κ3) is 3.19. The molecule has 0 atom stereocenters. The third-order valence-corrected chi connectivity index (χ3v) is 4.97. The van der Waals surface area contributed by atoms with Gasteiger partial charge in [-0.15, -0.1) is 0 Å². The lowest BCUT2D eigenvalue weighted by Gasteiger charge is -2.43. The van der Waals surface area contributed by atoms with Crippen molar-refractivity contribution in [1.29, 1.82) is 0 Å². The van der Waals surface area contributed by atoms with E-state index in [1.807, 2.05) is 0 Å². The number of carbonyl (C=O) groups is 2. The first-order valence-corrected chi connectivity index (χ1v) is 7.27. The maximum atomic E-state index is 11.9. The fourth-order valence-electron chi connectivity index (χ4n) is 3.12. The topological polar surface area (TPSA) is 78.4 Å². The van der Waals surface area contributed by atoms with Crippen molar-refractivity contribution in [3.05, 3.63) is 0 Å². The number of rotatable bonds is 6. The van der Waals surface area contributed by atoms with Gasteiger partial charge < -0.3 is 15.7 Å². The molecule has 2 aliphatic carbocycles. The van der Waals surface area contributed by atoms with Crippen LogP contribution in [0.5, 0.6) is 0 Å². The van der Waals surface area contributed by atoms with Crippen LogP contribution >= 0.6 is 0 Å². The number of carboxylic acid groups (broad SMARTS) is 1. The highest BCUT2D eigenvalue weighted by Crippen LogP contribution is 2.43. The molecule has 0 saturated heterocycles. The maximum Gasteiger partial charge on any atom is 0.315 e. The molecule has 0 bridgehead atoms. The standard InChI is InChI=1S/C14H24N2O3/c1-2-13(5-3-6-13)10-15-12(19)16-14(7-4-8-14)9-11(17)18/h2-10H2,1H3,(H,17,18)(H2,15,16,19). The number of nitrogens with one attached hydrogen (secondary N) is 2. The van der Waals surface area contributed by atoms with E-state index in [4.69, 9.17) is 5.11 Å². The Hall–Kier alpha value is -1.26. The van der Waals surface area contributed by atoms with Crippen molar-refractivity contribution in [3.63, 3.8) is 0 Å². The van der Waals surface area contributed by atoms with Gasteiger partial charge in [0.2, 0.25) is 0 Å². The average Bonchev–Trinajstić information content (AvgIpc) is 2.24. The smallest absolute Gasteiger partial charge is 0.315 e. The van der Waals surface area contributed by atoms with Gasteiger partial charge in [0.05, 0.1) is 12.0 Å². The van der Waals surface area contributed by atoms with E-state index in [-0.39, 0.29) is 17.9 Å². The van der Waals surface area contributed by atoms with Crippen LogP contribution in [0.3, 0.4) is 0 Å². The summed E-state index contributed by atoms with van der Waals surface area (Å²) < 4.78 is 0. The second-order valence-electron chi connectivity index (χ2n) is 6.22. The van der Waals surface area contributed by atoms with Crippen molar-refractivity contribution in [2.75, 3.05) is 6.54 Å². The first kappa shape index (κ1) is 14.2. The lowest BCUT2D eigenvalue weighted by atomic mass is 9.67. The van der Waals surface area contributed by atoms with Gasteiger partial charge >= 0.3 is 12.0 Å². The summed E-state index contributed by atoms with van der Waals surface area (Å²) in [5, 5.41) is 14.7. The second kappa shape index (κ2) is 5.39. The number of carboxylic acids is 1. The highest BCUT2D eigenvalue weighted by molar-refractivity contribution is 5.77. The molecule has 2 rings (SSSR count). The molecule has 0 heterocycles.